The van der Waals surface area contributed by atoms with E-state index in [-0.39, 0.29) is 0 Å². The molecule has 8 nitrogen and oxygen atoms in total. The van der Waals surface area contributed by atoms with Crippen molar-refractivity contribution in [3.05, 3.63) is 84.3 Å². The van der Waals surface area contributed by atoms with Crippen LogP contribution in [0.4, 0.5) is 0 Å². The highest BCUT2D eigenvalue weighted by molar-refractivity contribution is 5.85. The average Bonchev–Trinajstić information content (AvgIpc) is 3.56. The van der Waals surface area contributed by atoms with Gasteiger partial charge in [-0.15, -0.1) is 5.10 Å². The van der Waals surface area contributed by atoms with E-state index in [1.165, 1.54) is 5.56 Å². The van der Waals surface area contributed by atoms with Crippen LogP contribution in [0.5, 0.6) is 0 Å². The molecule has 0 saturated carbocycles. The molecule has 0 bridgehead atoms. The Hall–Kier alpha value is -4.46. The van der Waals surface area contributed by atoms with Crippen molar-refractivity contribution in [1.29, 1.82) is 0 Å². The maximum atomic E-state index is 4.95. The molecule has 0 aliphatic heterocycles. The Morgan fingerprint density at radius 1 is 0.886 bits per heavy atom. The highest BCUT2D eigenvalue weighted by atomic mass is 15.5. The van der Waals surface area contributed by atoms with Gasteiger partial charge in [-0.2, -0.15) is 0 Å². The van der Waals surface area contributed by atoms with E-state index >= 15 is 0 Å². The van der Waals surface area contributed by atoms with E-state index in [2.05, 4.69) is 67.4 Å². The third-order valence-electron chi connectivity index (χ3n) is 6.23. The average molecular weight is 461 g/mol. The summed E-state index contributed by atoms with van der Waals surface area (Å²) in [4.78, 5) is 14.4. The second-order valence-electron chi connectivity index (χ2n) is 8.58. The molecule has 0 aliphatic carbocycles. The van der Waals surface area contributed by atoms with E-state index in [9.17, 15) is 0 Å². The summed E-state index contributed by atoms with van der Waals surface area (Å²) in [7, 11) is 0. The molecule has 0 aliphatic rings. The van der Waals surface area contributed by atoms with Gasteiger partial charge in [0.05, 0.1) is 17.8 Å². The molecule has 0 fully saturated rings. The molecule has 172 valence electrons. The van der Waals surface area contributed by atoms with E-state index in [0.29, 0.717) is 5.82 Å². The van der Waals surface area contributed by atoms with Crippen molar-refractivity contribution in [3.63, 3.8) is 0 Å². The van der Waals surface area contributed by atoms with Gasteiger partial charge in [0.25, 0.3) is 0 Å². The molecule has 4 aromatic heterocycles. The molecule has 6 rings (SSSR count). The number of imidazole rings is 1. The molecular formula is C27H24N8. The van der Waals surface area contributed by atoms with Crippen molar-refractivity contribution in [2.75, 3.05) is 0 Å². The Balaban J connectivity index is 1.35. The lowest BCUT2D eigenvalue weighted by molar-refractivity contribution is 0.687. The molecule has 35 heavy (non-hydrogen) atoms. The standard InChI is InChI=1S/C27H24N8/c1-2-3-10-25-30-24-9-6-15-28-27(24)35(25)17-18-11-13-22-19(16-18)12-14-23(29-22)20-7-4-5-8-21(20)26-31-33-34-32-26/h4-9,11-16H,2-3,10,17H2,1H3,(H,31,32,33,34). The quantitative estimate of drug-likeness (QED) is 0.351. The fraction of sp³-hybridized carbons (Fsp3) is 0.185. The summed E-state index contributed by atoms with van der Waals surface area (Å²) in [5, 5.41) is 15.4. The van der Waals surface area contributed by atoms with Crippen LogP contribution in [0.3, 0.4) is 0 Å². The van der Waals surface area contributed by atoms with Gasteiger partial charge < -0.3 is 4.57 Å². The SMILES string of the molecule is CCCCc1nc2cccnc2n1Cc1ccc2nc(-c3ccccc3-c3nnn[nH]3)ccc2c1. The zero-order valence-electron chi connectivity index (χ0n) is 19.4. The predicted octanol–water partition coefficient (Wildman–Crippen LogP) is 5.22. The maximum Gasteiger partial charge on any atom is 0.180 e. The molecule has 0 radical (unpaired) electrons. The van der Waals surface area contributed by atoms with Gasteiger partial charge in [0.15, 0.2) is 11.5 Å². The van der Waals surface area contributed by atoms with E-state index in [1.807, 2.05) is 42.6 Å². The van der Waals surface area contributed by atoms with Crippen LogP contribution in [-0.4, -0.2) is 40.1 Å². The van der Waals surface area contributed by atoms with Gasteiger partial charge in [-0.3, -0.25) is 0 Å². The lowest BCUT2D eigenvalue weighted by atomic mass is 10.0. The van der Waals surface area contributed by atoms with Crippen molar-refractivity contribution >= 4 is 22.1 Å². The van der Waals surface area contributed by atoms with Gasteiger partial charge in [0.2, 0.25) is 0 Å². The number of fused-ring (bicyclic) bond motifs is 2. The maximum absolute atomic E-state index is 4.95. The molecule has 8 heteroatoms. The fourth-order valence-corrected chi connectivity index (χ4v) is 4.49. The van der Waals surface area contributed by atoms with Gasteiger partial charge in [0.1, 0.15) is 11.3 Å². The van der Waals surface area contributed by atoms with Crippen LogP contribution in [0, 0.1) is 0 Å². The molecule has 0 atom stereocenters. The third kappa shape index (κ3) is 4.03. The molecule has 0 amide bonds. The number of hydrogen-bond acceptors (Lipinski definition) is 6. The Kier molecular flexibility index (Phi) is 5.46. The summed E-state index contributed by atoms with van der Waals surface area (Å²) in [6.45, 7) is 2.93. The van der Waals surface area contributed by atoms with E-state index < -0.39 is 0 Å². The van der Waals surface area contributed by atoms with Crippen LogP contribution < -0.4 is 0 Å². The second kappa shape index (κ2) is 9.06. The summed E-state index contributed by atoms with van der Waals surface area (Å²) in [6.07, 6.45) is 5.03. The van der Waals surface area contributed by atoms with Crippen LogP contribution >= 0.6 is 0 Å². The number of aryl methyl sites for hydroxylation is 1. The Morgan fingerprint density at radius 3 is 2.66 bits per heavy atom. The van der Waals surface area contributed by atoms with Gasteiger partial charge in [-0.1, -0.05) is 49.7 Å². The third-order valence-corrected chi connectivity index (χ3v) is 6.23. The molecule has 6 aromatic rings. The number of nitrogens with one attached hydrogen (secondary N) is 1. The highest BCUT2D eigenvalue weighted by Gasteiger charge is 2.14. The number of pyridine rings is 2. The number of tetrazole rings is 1. The first-order chi connectivity index (χ1) is 17.3. The first-order valence-corrected chi connectivity index (χ1v) is 11.8. The minimum atomic E-state index is 0.623. The van der Waals surface area contributed by atoms with Crippen LogP contribution in [0.15, 0.2) is 72.9 Å². The van der Waals surface area contributed by atoms with E-state index in [0.717, 1.165) is 70.5 Å². The lowest BCUT2D eigenvalue weighted by Crippen LogP contribution is -2.06. The minimum absolute atomic E-state index is 0.623. The van der Waals surface area contributed by atoms with Gasteiger partial charge >= 0.3 is 0 Å². The molecule has 0 spiro atoms. The normalized spacial score (nSPS) is 11.5. The molecule has 0 saturated heterocycles. The number of unbranched alkanes of at least 4 members (excludes halogenated alkanes) is 1. The molecule has 4 heterocycles. The second-order valence-corrected chi connectivity index (χ2v) is 8.58. The summed E-state index contributed by atoms with van der Waals surface area (Å²) < 4.78 is 2.25. The minimum Gasteiger partial charge on any atom is -0.308 e. The summed E-state index contributed by atoms with van der Waals surface area (Å²) >= 11 is 0. The van der Waals surface area contributed by atoms with Crippen molar-refractivity contribution in [3.8, 4) is 22.6 Å². The van der Waals surface area contributed by atoms with Crippen molar-refractivity contribution in [2.24, 2.45) is 0 Å². The number of H-pyrrole nitrogens is 1. The summed E-state index contributed by atoms with van der Waals surface area (Å²) in [6, 6.07) is 22.6. The van der Waals surface area contributed by atoms with Crippen LogP contribution in [0.1, 0.15) is 31.2 Å². The molecular weight excluding hydrogens is 436 g/mol. The zero-order chi connectivity index (χ0) is 23.6. The Morgan fingerprint density at radius 2 is 1.80 bits per heavy atom. The highest BCUT2D eigenvalue weighted by Crippen LogP contribution is 2.30. The number of aromatic nitrogens is 8. The molecule has 0 unspecified atom stereocenters. The number of rotatable bonds is 7. The summed E-state index contributed by atoms with van der Waals surface area (Å²) in [5.41, 5.74) is 6.80. The topological polar surface area (TPSA) is 98.1 Å². The van der Waals surface area contributed by atoms with Crippen LogP contribution in [0.25, 0.3) is 44.7 Å². The molecule has 2 aromatic carbocycles. The first-order valence-electron chi connectivity index (χ1n) is 11.8. The van der Waals surface area contributed by atoms with Crippen molar-refractivity contribution in [1.82, 2.24) is 40.1 Å². The van der Waals surface area contributed by atoms with Crippen LogP contribution in [0.2, 0.25) is 0 Å². The summed E-state index contributed by atoms with van der Waals surface area (Å²) in [5.74, 6) is 1.71. The number of nitrogens with zero attached hydrogens (tertiary/aromatic N) is 7. The largest absolute Gasteiger partial charge is 0.308 e. The van der Waals surface area contributed by atoms with Gasteiger partial charge in [-0.25, -0.2) is 20.1 Å². The first kappa shape index (κ1) is 21.1. The fourth-order valence-electron chi connectivity index (χ4n) is 4.49. The van der Waals surface area contributed by atoms with E-state index in [4.69, 9.17) is 9.97 Å². The van der Waals surface area contributed by atoms with Crippen LogP contribution in [-0.2, 0) is 13.0 Å². The number of hydrogen-bond donors (Lipinski definition) is 1. The van der Waals surface area contributed by atoms with Gasteiger partial charge in [-0.05, 0) is 52.7 Å². The predicted molar refractivity (Wildman–Crippen MR) is 136 cm³/mol. The number of aromatic amines is 1. The number of benzene rings is 2. The monoisotopic (exact) mass is 460 g/mol. The zero-order valence-corrected chi connectivity index (χ0v) is 19.4. The van der Waals surface area contributed by atoms with Gasteiger partial charge in [0, 0.05) is 29.1 Å². The van der Waals surface area contributed by atoms with Crippen molar-refractivity contribution < 1.29 is 0 Å². The lowest BCUT2D eigenvalue weighted by Gasteiger charge is -2.11. The smallest absolute Gasteiger partial charge is 0.180 e. The van der Waals surface area contributed by atoms with Crippen molar-refractivity contribution in [2.45, 2.75) is 32.7 Å². The van der Waals surface area contributed by atoms with E-state index in [1.54, 1.807) is 0 Å². The Bertz CT molecular complexity index is 1620. The molecule has 1 N–H and O–H groups in total. The Labute approximate surface area is 202 Å².